The minimum atomic E-state index is -3.93. The zero-order valence-corrected chi connectivity index (χ0v) is 16.6. The Labute approximate surface area is 163 Å². The fraction of sp³-hybridized carbons (Fsp3) is 0.316. The molecule has 0 aliphatic heterocycles. The van der Waals surface area contributed by atoms with Crippen molar-refractivity contribution in [2.24, 2.45) is 0 Å². The van der Waals surface area contributed by atoms with Gasteiger partial charge in [0, 0.05) is 12.6 Å². The van der Waals surface area contributed by atoms with Gasteiger partial charge in [0.15, 0.2) is 11.6 Å². The molecule has 0 radical (unpaired) electrons. The zero-order valence-electron chi connectivity index (χ0n) is 15.8. The zero-order chi connectivity index (χ0) is 20.9. The van der Waals surface area contributed by atoms with E-state index in [-0.39, 0.29) is 12.2 Å². The Hall–Kier alpha value is -2.68. The highest BCUT2D eigenvalue weighted by Gasteiger charge is 2.29. The topological polar surface area (TPSA) is 75.7 Å². The molecule has 152 valence electrons. The Morgan fingerprint density at radius 1 is 1.18 bits per heavy atom. The number of carbonyl (C=O) groups excluding carboxylic acids is 1. The summed E-state index contributed by atoms with van der Waals surface area (Å²) in [5.74, 6) is -2.24. The van der Waals surface area contributed by atoms with E-state index in [2.05, 4.69) is 5.32 Å². The second-order valence-corrected chi connectivity index (χ2v) is 7.99. The monoisotopic (exact) mass is 412 g/mol. The highest BCUT2D eigenvalue weighted by atomic mass is 32.2. The van der Waals surface area contributed by atoms with Crippen molar-refractivity contribution < 1.29 is 26.7 Å². The Morgan fingerprint density at radius 3 is 2.50 bits per heavy atom. The van der Waals surface area contributed by atoms with Gasteiger partial charge >= 0.3 is 0 Å². The number of carbonyl (C=O) groups is 1. The lowest BCUT2D eigenvalue weighted by molar-refractivity contribution is -0.122. The maximum atomic E-state index is 13.6. The highest BCUT2D eigenvalue weighted by molar-refractivity contribution is 7.92. The van der Waals surface area contributed by atoms with Gasteiger partial charge in [0.05, 0.1) is 18.6 Å². The molecule has 1 amide bonds. The van der Waals surface area contributed by atoms with E-state index >= 15 is 0 Å². The van der Waals surface area contributed by atoms with E-state index in [1.807, 2.05) is 6.92 Å². The van der Waals surface area contributed by atoms with Crippen molar-refractivity contribution in [2.45, 2.75) is 26.4 Å². The molecule has 28 heavy (non-hydrogen) atoms. The minimum absolute atomic E-state index is 0.137. The van der Waals surface area contributed by atoms with E-state index in [0.717, 1.165) is 34.3 Å². The van der Waals surface area contributed by atoms with Gasteiger partial charge in [-0.05, 0) is 43.7 Å². The number of nitrogens with one attached hydrogen (secondary N) is 1. The SMILES string of the molecule is CCOc1cccc(CNC(=O)[C@@H](C)N(c2ccc(F)c(F)c2)S(C)(=O)=O)c1. The van der Waals surface area contributed by atoms with E-state index in [1.165, 1.54) is 6.92 Å². The van der Waals surface area contributed by atoms with Crippen LogP contribution in [0.2, 0.25) is 0 Å². The molecule has 0 unspecified atom stereocenters. The van der Waals surface area contributed by atoms with Gasteiger partial charge in [-0.15, -0.1) is 0 Å². The molecule has 1 atom stereocenters. The number of ether oxygens (including phenoxy) is 1. The van der Waals surface area contributed by atoms with Crippen LogP contribution in [-0.2, 0) is 21.4 Å². The van der Waals surface area contributed by atoms with E-state index in [0.29, 0.717) is 12.4 Å². The molecule has 2 aromatic rings. The number of nitrogens with zero attached hydrogens (tertiary/aromatic N) is 1. The number of benzene rings is 2. The van der Waals surface area contributed by atoms with E-state index in [1.54, 1.807) is 24.3 Å². The molecule has 0 heterocycles. The predicted molar refractivity (Wildman–Crippen MR) is 103 cm³/mol. The third-order valence-electron chi connectivity index (χ3n) is 3.92. The molecule has 1 N–H and O–H groups in total. The molecule has 0 fully saturated rings. The van der Waals surface area contributed by atoms with Crippen molar-refractivity contribution in [2.75, 3.05) is 17.2 Å². The molecule has 0 bridgehead atoms. The van der Waals surface area contributed by atoms with Crippen molar-refractivity contribution in [1.29, 1.82) is 0 Å². The average Bonchev–Trinajstić information content (AvgIpc) is 2.62. The molecule has 0 spiro atoms. The van der Waals surface area contributed by atoms with Crippen LogP contribution in [0.3, 0.4) is 0 Å². The molecule has 9 heteroatoms. The summed E-state index contributed by atoms with van der Waals surface area (Å²) >= 11 is 0. The fourth-order valence-corrected chi connectivity index (χ4v) is 3.85. The standard InChI is InChI=1S/C19H22F2N2O4S/c1-4-27-16-7-5-6-14(10-16)12-22-19(24)13(2)23(28(3,25)26)15-8-9-17(20)18(21)11-15/h5-11,13H,4,12H2,1-3H3,(H,22,24)/t13-/m1/s1. The molecule has 0 saturated heterocycles. The van der Waals surface area contributed by atoms with Gasteiger partial charge in [-0.1, -0.05) is 12.1 Å². The molecule has 2 rings (SSSR count). The summed E-state index contributed by atoms with van der Waals surface area (Å²) in [4.78, 5) is 12.5. The summed E-state index contributed by atoms with van der Waals surface area (Å²) < 4.78 is 57.2. The lowest BCUT2D eigenvalue weighted by Crippen LogP contribution is -2.47. The lowest BCUT2D eigenvalue weighted by atomic mass is 10.2. The van der Waals surface area contributed by atoms with Crippen molar-refractivity contribution in [3.63, 3.8) is 0 Å². The number of sulfonamides is 1. The van der Waals surface area contributed by atoms with Gasteiger partial charge < -0.3 is 10.1 Å². The number of hydrogen-bond acceptors (Lipinski definition) is 4. The highest BCUT2D eigenvalue weighted by Crippen LogP contribution is 2.23. The lowest BCUT2D eigenvalue weighted by Gasteiger charge is -2.28. The van der Waals surface area contributed by atoms with Crippen LogP contribution in [0.4, 0.5) is 14.5 Å². The van der Waals surface area contributed by atoms with Gasteiger partial charge in [-0.2, -0.15) is 0 Å². The van der Waals surface area contributed by atoms with Crippen molar-refractivity contribution in [1.82, 2.24) is 5.32 Å². The van der Waals surface area contributed by atoms with Crippen LogP contribution in [0.15, 0.2) is 42.5 Å². The number of rotatable bonds is 8. The van der Waals surface area contributed by atoms with Gasteiger partial charge in [0.1, 0.15) is 11.8 Å². The maximum absolute atomic E-state index is 13.6. The Balaban J connectivity index is 2.17. The van der Waals surface area contributed by atoms with Crippen LogP contribution in [0.25, 0.3) is 0 Å². The molecule has 0 saturated carbocycles. The quantitative estimate of drug-likeness (QED) is 0.724. The van der Waals surface area contributed by atoms with Crippen LogP contribution in [-0.4, -0.2) is 33.2 Å². The smallest absolute Gasteiger partial charge is 0.243 e. The molecule has 6 nitrogen and oxygen atoms in total. The van der Waals surface area contributed by atoms with Gasteiger partial charge in [-0.3, -0.25) is 9.10 Å². The van der Waals surface area contributed by atoms with Gasteiger partial charge in [0.25, 0.3) is 0 Å². The first-order valence-electron chi connectivity index (χ1n) is 8.57. The van der Waals surface area contributed by atoms with Crippen LogP contribution in [0.1, 0.15) is 19.4 Å². The molecule has 0 aliphatic rings. The molecule has 0 aromatic heterocycles. The number of halogens is 2. The first-order chi connectivity index (χ1) is 13.1. The summed E-state index contributed by atoms with van der Waals surface area (Å²) in [6.07, 6.45) is 0.892. The summed E-state index contributed by atoms with van der Waals surface area (Å²) in [6, 6.07) is 8.60. The van der Waals surface area contributed by atoms with Crippen LogP contribution >= 0.6 is 0 Å². The largest absolute Gasteiger partial charge is 0.494 e. The molecule has 0 aliphatic carbocycles. The third kappa shape index (κ3) is 5.41. The normalized spacial score (nSPS) is 12.3. The van der Waals surface area contributed by atoms with Gasteiger partial charge in [-0.25, -0.2) is 17.2 Å². The number of hydrogen-bond donors (Lipinski definition) is 1. The fourth-order valence-electron chi connectivity index (χ4n) is 2.68. The Kier molecular flexibility index (Phi) is 6.95. The Bertz CT molecular complexity index is 951. The minimum Gasteiger partial charge on any atom is -0.494 e. The average molecular weight is 412 g/mol. The predicted octanol–water partition coefficient (Wildman–Crippen LogP) is 2.83. The summed E-state index contributed by atoms with van der Waals surface area (Å²) in [5, 5.41) is 2.65. The number of amides is 1. The second kappa shape index (κ2) is 9.01. The van der Waals surface area contributed by atoms with Crippen molar-refractivity contribution >= 4 is 21.6 Å². The summed E-state index contributed by atoms with van der Waals surface area (Å²) in [6.45, 7) is 3.88. The molecular formula is C19H22F2N2O4S. The summed E-state index contributed by atoms with van der Waals surface area (Å²) in [5.41, 5.74) is 0.632. The maximum Gasteiger partial charge on any atom is 0.243 e. The van der Waals surface area contributed by atoms with Crippen LogP contribution < -0.4 is 14.4 Å². The van der Waals surface area contributed by atoms with Gasteiger partial charge in [0.2, 0.25) is 15.9 Å². The summed E-state index contributed by atoms with van der Waals surface area (Å²) in [7, 11) is -3.93. The number of anilines is 1. The first kappa shape index (κ1) is 21.6. The van der Waals surface area contributed by atoms with Crippen molar-refractivity contribution in [3.05, 3.63) is 59.7 Å². The third-order valence-corrected chi connectivity index (χ3v) is 5.16. The molecular weight excluding hydrogens is 390 g/mol. The van der Waals surface area contributed by atoms with E-state index < -0.39 is 33.6 Å². The van der Waals surface area contributed by atoms with E-state index in [9.17, 15) is 22.0 Å². The van der Waals surface area contributed by atoms with Crippen LogP contribution in [0, 0.1) is 11.6 Å². The second-order valence-electron chi connectivity index (χ2n) is 6.13. The Morgan fingerprint density at radius 2 is 1.89 bits per heavy atom. The van der Waals surface area contributed by atoms with Crippen LogP contribution in [0.5, 0.6) is 5.75 Å². The van der Waals surface area contributed by atoms with Crippen molar-refractivity contribution in [3.8, 4) is 5.75 Å². The first-order valence-corrected chi connectivity index (χ1v) is 10.4. The molecule has 2 aromatic carbocycles. The van der Waals surface area contributed by atoms with E-state index in [4.69, 9.17) is 4.74 Å².